The molecule has 3 aromatic rings. The molecule has 0 aliphatic rings. The number of hydrogen-bond donors (Lipinski definition) is 0. The van der Waals surface area contributed by atoms with Crippen molar-refractivity contribution in [1.29, 1.82) is 0 Å². The van der Waals surface area contributed by atoms with Gasteiger partial charge < -0.3 is 4.42 Å². The lowest BCUT2D eigenvalue weighted by atomic mass is 10.2. The van der Waals surface area contributed by atoms with Crippen LogP contribution in [0, 0.1) is 0 Å². The fourth-order valence-electron chi connectivity index (χ4n) is 2.05. The first-order chi connectivity index (χ1) is 10.6. The molecule has 22 heavy (non-hydrogen) atoms. The van der Waals surface area contributed by atoms with E-state index in [2.05, 4.69) is 5.10 Å². The molecule has 5 heteroatoms. The van der Waals surface area contributed by atoms with Crippen LogP contribution in [-0.2, 0) is 7.05 Å². The zero-order valence-corrected chi connectivity index (χ0v) is 12.6. The van der Waals surface area contributed by atoms with E-state index in [1.807, 2.05) is 24.3 Å². The van der Waals surface area contributed by atoms with E-state index in [0.29, 0.717) is 22.1 Å². The SMILES string of the molecule is Cn1cc(C(=O)C=Cc2ccc(-c3ccccc3Cl)o2)cn1. The Kier molecular flexibility index (Phi) is 3.94. The molecule has 0 atom stereocenters. The molecule has 0 saturated carbocycles. The minimum absolute atomic E-state index is 0.121. The van der Waals surface area contributed by atoms with Crippen LogP contribution in [0.2, 0.25) is 5.02 Å². The number of aromatic nitrogens is 2. The molecule has 0 saturated heterocycles. The van der Waals surface area contributed by atoms with Gasteiger partial charge >= 0.3 is 0 Å². The summed E-state index contributed by atoms with van der Waals surface area (Å²) in [6.45, 7) is 0. The number of halogens is 1. The molecule has 0 fully saturated rings. The van der Waals surface area contributed by atoms with Crippen molar-refractivity contribution in [2.45, 2.75) is 0 Å². The molecule has 0 radical (unpaired) electrons. The van der Waals surface area contributed by atoms with Crippen molar-refractivity contribution in [1.82, 2.24) is 9.78 Å². The van der Waals surface area contributed by atoms with E-state index in [1.165, 1.54) is 12.3 Å². The Morgan fingerprint density at radius 2 is 2.09 bits per heavy atom. The number of carbonyl (C=O) groups is 1. The van der Waals surface area contributed by atoms with Gasteiger partial charge in [-0.05, 0) is 36.4 Å². The van der Waals surface area contributed by atoms with Crippen LogP contribution >= 0.6 is 11.6 Å². The first-order valence-electron chi connectivity index (χ1n) is 6.69. The summed E-state index contributed by atoms with van der Waals surface area (Å²) in [6, 6.07) is 11.1. The summed E-state index contributed by atoms with van der Waals surface area (Å²) < 4.78 is 7.28. The highest BCUT2D eigenvalue weighted by Crippen LogP contribution is 2.29. The number of carbonyl (C=O) groups excluding carboxylic acids is 1. The summed E-state index contributed by atoms with van der Waals surface area (Å²) >= 11 is 6.14. The third-order valence-corrected chi connectivity index (χ3v) is 3.48. The fraction of sp³-hybridized carbons (Fsp3) is 0.0588. The van der Waals surface area contributed by atoms with Crippen LogP contribution < -0.4 is 0 Å². The Morgan fingerprint density at radius 3 is 2.82 bits per heavy atom. The maximum Gasteiger partial charge on any atom is 0.189 e. The normalized spacial score (nSPS) is 11.2. The van der Waals surface area contributed by atoms with Gasteiger partial charge in [0, 0.05) is 18.8 Å². The van der Waals surface area contributed by atoms with Crippen LogP contribution in [0.1, 0.15) is 16.1 Å². The van der Waals surface area contributed by atoms with Crippen molar-refractivity contribution in [3.8, 4) is 11.3 Å². The molecule has 0 amide bonds. The first kappa shape index (κ1) is 14.4. The van der Waals surface area contributed by atoms with Crippen molar-refractivity contribution in [2.24, 2.45) is 7.05 Å². The molecule has 1 aromatic carbocycles. The quantitative estimate of drug-likeness (QED) is 0.535. The van der Waals surface area contributed by atoms with Crippen LogP contribution in [0.5, 0.6) is 0 Å². The molecule has 0 N–H and O–H groups in total. The molecule has 2 aromatic heterocycles. The van der Waals surface area contributed by atoms with Crippen LogP contribution in [-0.4, -0.2) is 15.6 Å². The summed E-state index contributed by atoms with van der Waals surface area (Å²) in [5, 5.41) is 4.59. The summed E-state index contributed by atoms with van der Waals surface area (Å²) in [7, 11) is 1.77. The van der Waals surface area contributed by atoms with Crippen molar-refractivity contribution < 1.29 is 9.21 Å². The van der Waals surface area contributed by atoms with Gasteiger partial charge in [0.05, 0.1) is 16.8 Å². The van der Waals surface area contributed by atoms with Crippen LogP contribution in [0.4, 0.5) is 0 Å². The van der Waals surface area contributed by atoms with E-state index in [4.69, 9.17) is 16.0 Å². The fourth-order valence-corrected chi connectivity index (χ4v) is 2.28. The highest BCUT2D eigenvalue weighted by Gasteiger charge is 2.08. The van der Waals surface area contributed by atoms with Crippen LogP contribution in [0.25, 0.3) is 17.4 Å². The molecule has 3 rings (SSSR count). The number of hydrogen-bond acceptors (Lipinski definition) is 3. The molecule has 0 spiro atoms. The van der Waals surface area contributed by atoms with E-state index in [-0.39, 0.29) is 5.78 Å². The van der Waals surface area contributed by atoms with Crippen LogP contribution in [0.15, 0.2) is 59.3 Å². The van der Waals surface area contributed by atoms with Crippen molar-refractivity contribution >= 4 is 23.5 Å². The van der Waals surface area contributed by atoms with Gasteiger partial charge in [0.15, 0.2) is 5.78 Å². The second kappa shape index (κ2) is 6.03. The number of furan rings is 1. The largest absolute Gasteiger partial charge is 0.457 e. The second-order valence-electron chi connectivity index (χ2n) is 4.78. The van der Waals surface area contributed by atoms with Gasteiger partial charge in [-0.2, -0.15) is 5.10 Å². The molecule has 110 valence electrons. The average molecular weight is 313 g/mol. The van der Waals surface area contributed by atoms with Crippen molar-refractivity contribution in [3.05, 3.63) is 71.2 Å². The number of benzene rings is 1. The maximum atomic E-state index is 12.0. The van der Waals surface area contributed by atoms with Gasteiger partial charge in [0.2, 0.25) is 0 Å². The predicted molar refractivity (Wildman–Crippen MR) is 85.7 cm³/mol. The van der Waals surface area contributed by atoms with Crippen molar-refractivity contribution in [3.63, 3.8) is 0 Å². The Balaban J connectivity index is 1.79. The monoisotopic (exact) mass is 312 g/mol. The summed E-state index contributed by atoms with van der Waals surface area (Å²) in [5.41, 5.74) is 1.36. The number of aryl methyl sites for hydroxylation is 1. The van der Waals surface area contributed by atoms with E-state index in [1.54, 1.807) is 36.1 Å². The van der Waals surface area contributed by atoms with Gasteiger partial charge in [-0.25, -0.2) is 0 Å². The Bertz CT molecular complexity index is 846. The molecular formula is C17H13ClN2O2. The zero-order chi connectivity index (χ0) is 15.5. The molecule has 0 bridgehead atoms. The minimum atomic E-state index is -0.121. The first-order valence-corrected chi connectivity index (χ1v) is 7.07. The molecule has 4 nitrogen and oxygen atoms in total. The van der Waals surface area contributed by atoms with Gasteiger partial charge in [0.25, 0.3) is 0 Å². The molecule has 0 unspecified atom stereocenters. The average Bonchev–Trinajstić information content (AvgIpc) is 3.14. The number of nitrogens with zero attached hydrogens (tertiary/aromatic N) is 2. The van der Waals surface area contributed by atoms with Crippen molar-refractivity contribution in [2.75, 3.05) is 0 Å². The molecule has 2 heterocycles. The number of rotatable bonds is 4. The van der Waals surface area contributed by atoms with Crippen LogP contribution in [0.3, 0.4) is 0 Å². The summed E-state index contributed by atoms with van der Waals surface area (Å²) in [4.78, 5) is 12.0. The maximum absolute atomic E-state index is 12.0. The zero-order valence-electron chi connectivity index (χ0n) is 11.9. The lowest BCUT2D eigenvalue weighted by Crippen LogP contribution is -1.91. The number of ketones is 1. The van der Waals surface area contributed by atoms with E-state index in [9.17, 15) is 4.79 Å². The van der Waals surface area contributed by atoms with E-state index >= 15 is 0 Å². The summed E-state index contributed by atoms with van der Waals surface area (Å²) in [5.74, 6) is 1.13. The summed E-state index contributed by atoms with van der Waals surface area (Å²) in [6.07, 6.45) is 6.30. The smallest absolute Gasteiger partial charge is 0.189 e. The topological polar surface area (TPSA) is 48.0 Å². The third kappa shape index (κ3) is 3.02. The molecular weight excluding hydrogens is 300 g/mol. The van der Waals surface area contributed by atoms with Gasteiger partial charge in [-0.3, -0.25) is 9.48 Å². The van der Waals surface area contributed by atoms with Gasteiger partial charge in [-0.1, -0.05) is 23.7 Å². The second-order valence-corrected chi connectivity index (χ2v) is 5.19. The van der Waals surface area contributed by atoms with E-state index in [0.717, 1.165) is 5.56 Å². The van der Waals surface area contributed by atoms with E-state index < -0.39 is 0 Å². The van der Waals surface area contributed by atoms with Gasteiger partial charge in [-0.15, -0.1) is 0 Å². The Hall–Kier alpha value is -2.59. The highest BCUT2D eigenvalue weighted by molar-refractivity contribution is 6.33. The molecule has 0 aliphatic heterocycles. The highest BCUT2D eigenvalue weighted by atomic mass is 35.5. The minimum Gasteiger partial charge on any atom is -0.457 e. The third-order valence-electron chi connectivity index (χ3n) is 3.15. The number of allylic oxidation sites excluding steroid dienone is 1. The van der Waals surface area contributed by atoms with Gasteiger partial charge in [0.1, 0.15) is 11.5 Å². The molecule has 0 aliphatic carbocycles. The lowest BCUT2D eigenvalue weighted by Gasteiger charge is -1.98. The lowest BCUT2D eigenvalue weighted by molar-refractivity contribution is 0.104. The Morgan fingerprint density at radius 1 is 1.27 bits per heavy atom. The standard InChI is InChI=1S/C17H13ClN2O2/c1-20-11-12(10-19-20)16(21)8-6-13-7-9-17(22-13)14-4-2-3-5-15(14)18/h2-11H,1H3. The Labute approximate surface area is 132 Å². The predicted octanol–water partition coefficient (Wildman–Crippen LogP) is 4.23.